The van der Waals surface area contributed by atoms with Gasteiger partial charge in [-0.3, -0.25) is 9.69 Å². The summed E-state index contributed by atoms with van der Waals surface area (Å²) in [5.74, 6) is 0.190. The van der Waals surface area contributed by atoms with Crippen molar-refractivity contribution in [1.29, 1.82) is 0 Å². The Morgan fingerprint density at radius 2 is 1.60 bits per heavy atom. The molecule has 30 heavy (non-hydrogen) atoms. The molecular formula is C25H32ClN3O. The van der Waals surface area contributed by atoms with Crippen LogP contribution in [-0.2, 0) is 10.2 Å². The molecule has 2 aromatic carbocycles. The van der Waals surface area contributed by atoms with Crippen LogP contribution in [-0.4, -0.2) is 61.0 Å². The van der Waals surface area contributed by atoms with E-state index in [-0.39, 0.29) is 16.9 Å². The Morgan fingerprint density at radius 3 is 2.27 bits per heavy atom. The average Bonchev–Trinajstić information content (AvgIpc) is 2.69. The van der Waals surface area contributed by atoms with E-state index >= 15 is 0 Å². The Bertz CT molecular complexity index is 918. The zero-order valence-electron chi connectivity index (χ0n) is 18.5. The molecule has 0 unspecified atom stereocenters. The van der Waals surface area contributed by atoms with Gasteiger partial charge in [0, 0.05) is 47.8 Å². The maximum Gasteiger partial charge on any atom is 0.241 e. The van der Waals surface area contributed by atoms with E-state index in [1.165, 1.54) is 11.1 Å². The summed E-state index contributed by atoms with van der Waals surface area (Å²) in [5.41, 5.74) is 2.99. The van der Waals surface area contributed by atoms with E-state index in [0.717, 1.165) is 43.3 Å². The number of piperazine rings is 1. The number of carbonyl (C=O) groups is 1. The summed E-state index contributed by atoms with van der Waals surface area (Å²) in [6.45, 7) is 11.1. The highest BCUT2D eigenvalue weighted by Gasteiger charge is 2.47. The van der Waals surface area contributed by atoms with Crippen LogP contribution in [0.25, 0.3) is 0 Å². The van der Waals surface area contributed by atoms with Crippen LogP contribution in [0.5, 0.6) is 0 Å². The van der Waals surface area contributed by atoms with Crippen LogP contribution >= 0.6 is 11.6 Å². The quantitative estimate of drug-likeness (QED) is 0.728. The van der Waals surface area contributed by atoms with Gasteiger partial charge in [-0.05, 0) is 56.6 Å². The number of amides is 1. The Morgan fingerprint density at radius 1 is 0.967 bits per heavy atom. The molecule has 0 spiro atoms. The predicted molar refractivity (Wildman–Crippen MR) is 124 cm³/mol. The van der Waals surface area contributed by atoms with Gasteiger partial charge in [-0.15, -0.1) is 0 Å². The number of fused-ring (bicyclic) bond motifs is 1. The Hall–Kier alpha value is -1.88. The molecule has 0 bridgehead atoms. The van der Waals surface area contributed by atoms with Gasteiger partial charge in [0.15, 0.2) is 0 Å². The molecule has 1 amide bonds. The lowest BCUT2D eigenvalue weighted by Gasteiger charge is -2.51. The number of benzene rings is 2. The SMILES string of the molecule is CN1CCN(CC(=O)N2c3ccccc3[C@@](C)(c3ccc(Cl)cc3)CC2(C)C)CC1. The molecule has 0 radical (unpaired) electrons. The molecule has 4 rings (SSSR count). The third-order valence-corrected chi connectivity index (χ3v) is 7.07. The maximum atomic E-state index is 13.6. The number of anilines is 1. The summed E-state index contributed by atoms with van der Waals surface area (Å²) in [7, 11) is 2.14. The maximum absolute atomic E-state index is 13.6. The molecule has 1 fully saturated rings. The molecule has 1 saturated heterocycles. The van der Waals surface area contributed by atoms with Crippen molar-refractivity contribution in [3.05, 3.63) is 64.7 Å². The molecule has 5 heteroatoms. The van der Waals surface area contributed by atoms with Crippen molar-refractivity contribution in [3.8, 4) is 0 Å². The van der Waals surface area contributed by atoms with Crippen molar-refractivity contribution >= 4 is 23.2 Å². The Balaban J connectivity index is 1.70. The van der Waals surface area contributed by atoms with E-state index in [1.807, 2.05) is 18.2 Å². The minimum absolute atomic E-state index is 0.185. The molecule has 1 atom stereocenters. The number of carbonyl (C=O) groups excluding carboxylic acids is 1. The van der Waals surface area contributed by atoms with Crippen LogP contribution in [0.4, 0.5) is 5.69 Å². The second-order valence-electron chi connectivity index (χ2n) is 9.65. The minimum Gasteiger partial charge on any atom is -0.305 e. The summed E-state index contributed by atoms with van der Waals surface area (Å²) in [5, 5.41) is 0.745. The second-order valence-corrected chi connectivity index (χ2v) is 10.1. The Labute approximate surface area is 185 Å². The highest BCUT2D eigenvalue weighted by Crippen LogP contribution is 2.50. The second kappa shape index (κ2) is 7.99. The van der Waals surface area contributed by atoms with Gasteiger partial charge < -0.3 is 9.80 Å². The van der Waals surface area contributed by atoms with Crippen LogP contribution in [0.1, 0.15) is 38.3 Å². The van der Waals surface area contributed by atoms with E-state index in [1.54, 1.807) is 0 Å². The van der Waals surface area contributed by atoms with Crippen molar-refractivity contribution in [2.75, 3.05) is 44.7 Å². The first-order valence-electron chi connectivity index (χ1n) is 10.8. The monoisotopic (exact) mass is 425 g/mol. The van der Waals surface area contributed by atoms with Crippen LogP contribution in [0.2, 0.25) is 5.02 Å². The number of hydrogen-bond acceptors (Lipinski definition) is 3. The predicted octanol–water partition coefficient (Wildman–Crippen LogP) is 4.41. The van der Waals surface area contributed by atoms with Crippen LogP contribution in [0.15, 0.2) is 48.5 Å². The fourth-order valence-corrected chi connectivity index (χ4v) is 5.44. The van der Waals surface area contributed by atoms with E-state index in [9.17, 15) is 4.79 Å². The average molecular weight is 426 g/mol. The third-order valence-electron chi connectivity index (χ3n) is 6.82. The molecule has 0 aromatic heterocycles. The molecule has 2 aliphatic heterocycles. The first kappa shape index (κ1) is 21.4. The molecule has 0 N–H and O–H groups in total. The zero-order chi connectivity index (χ0) is 21.5. The molecule has 0 saturated carbocycles. The molecule has 0 aliphatic carbocycles. The highest BCUT2D eigenvalue weighted by atomic mass is 35.5. The minimum atomic E-state index is -0.299. The van der Waals surface area contributed by atoms with Crippen molar-refractivity contribution in [1.82, 2.24) is 9.80 Å². The highest BCUT2D eigenvalue weighted by molar-refractivity contribution is 6.30. The lowest BCUT2D eigenvalue weighted by molar-refractivity contribution is -0.121. The van der Waals surface area contributed by atoms with E-state index in [4.69, 9.17) is 11.6 Å². The molecule has 160 valence electrons. The number of para-hydroxylation sites is 1. The fourth-order valence-electron chi connectivity index (χ4n) is 5.32. The molecule has 4 nitrogen and oxygen atoms in total. The van der Waals surface area contributed by atoms with E-state index in [2.05, 4.69) is 72.9 Å². The fraction of sp³-hybridized carbons (Fsp3) is 0.480. The number of halogens is 1. The van der Waals surface area contributed by atoms with Crippen molar-refractivity contribution in [3.63, 3.8) is 0 Å². The zero-order valence-corrected chi connectivity index (χ0v) is 19.2. The third kappa shape index (κ3) is 3.89. The van der Waals surface area contributed by atoms with Crippen LogP contribution in [0.3, 0.4) is 0 Å². The number of likely N-dealkylation sites (N-methyl/N-ethyl adjacent to an activating group) is 1. The molecular weight excluding hydrogens is 394 g/mol. The Kier molecular flexibility index (Phi) is 5.69. The molecule has 2 heterocycles. The van der Waals surface area contributed by atoms with Gasteiger partial charge >= 0.3 is 0 Å². The van der Waals surface area contributed by atoms with Gasteiger partial charge in [-0.1, -0.05) is 48.9 Å². The van der Waals surface area contributed by atoms with Crippen LogP contribution < -0.4 is 4.90 Å². The summed E-state index contributed by atoms with van der Waals surface area (Å²) >= 11 is 6.16. The van der Waals surface area contributed by atoms with Gasteiger partial charge in [0.1, 0.15) is 0 Å². The van der Waals surface area contributed by atoms with Gasteiger partial charge in [0.2, 0.25) is 5.91 Å². The molecule has 2 aliphatic rings. The topological polar surface area (TPSA) is 26.8 Å². The van der Waals surface area contributed by atoms with Gasteiger partial charge in [0.05, 0.1) is 6.54 Å². The van der Waals surface area contributed by atoms with Gasteiger partial charge in [0.25, 0.3) is 0 Å². The summed E-state index contributed by atoms with van der Waals surface area (Å²) in [4.78, 5) is 20.2. The van der Waals surface area contributed by atoms with E-state index < -0.39 is 0 Å². The van der Waals surface area contributed by atoms with E-state index in [0.29, 0.717) is 6.54 Å². The van der Waals surface area contributed by atoms with Crippen molar-refractivity contribution in [2.24, 2.45) is 0 Å². The number of rotatable bonds is 3. The first-order chi connectivity index (χ1) is 14.2. The number of nitrogens with zero attached hydrogens (tertiary/aromatic N) is 3. The lowest BCUT2D eigenvalue weighted by Crippen LogP contribution is -2.58. The standard InChI is InChI=1S/C25H32ClN3O/c1-24(2)18-25(3,19-9-11-20(26)12-10-19)21-7-5-6-8-22(21)29(24)23(30)17-28-15-13-27(4)14-16-28/h5-12H,13-18H2,1-4H3/t25-/m1/s1. The molecule has 2 aromatic rings. The van der Waals surface area contributed by atoms with Crippen molar-refractivity contribution < 1.29 is 4.79 Å². The van der Waals surface area contributed by atoms with Crippen LogP contribution in [0, 0.1) is 0 Å². The smallest absolute Gasteiger partial charge is 0.241 e. The first-order valence-corrected chi connectivity index (χ1v) is 11.2. The summed E-state index contributed by atoms with van der Waals surface area (Å²) in [6.07, 6.45) is 0.854. The number of hydrogen-bond donors (Lipinski definition) is 0. The normalized spacial score (nSPS) is 24.5. The van der Waals surface area contributed by atoms with Gasteiger partial charge in [-0.2, -0.15) is 0 Å². The van der Waals surface area contributed by atoms with Gasteiger partial charge in [-0.25, -0.2) is 0 Å². The van der Waals surface area contributed by atoms with Crippen molar-refractivity contribution in [2.45, 2.75) is 38.1 Å². The summed E-state index contributed by atoms with van der Waals surface area (Å²) in [6, 6.07) is 16.6. The largest absolute Gasteiger partial charge is 0.305 e. The summed E-state index contributed by atoms with van der Waals surface area (Å²) < 4.78 is 0. The lowest BCUT2D eigenvalue weighted by atomic mass is 9.65.